The Kier molecular flexibility index (Phi) is 5.13. The highest BCUT2D eigenvalue weighted by molar-refractivity contribution is 5.56. The molecule has 1 heterocycles. The molecular formula is C25H28O4. The minimum Gasteiger partial charge on any atom is -0.508 e. The van der Waals surface area contributed by atoms with Crippen LogP contribution in [0.4, 0.5) is 0 Å². The van der Waals surface area contributed by atoms with Crippen molar-refractivity contribution in [1.82, 2.24) is 0 Å². The van der Waals surface area contributed by atoms with Crippen molar-refractivity contribution in [2.75, 3.05) is 20.8 Å². The minimum atomic E-state index is -0.270. The number of aromatic hydroxyl groups is 1. The molecule has 0 saturated carbocycles. The third-order valence-electron chi connectivity index (χ3n) is 6.27. The van der Waals surface area contributed by atoms with E-state index in [0.717, 1.165) is 29.0 Å². The molecule has 0 aromatic heterocycles. The number of methoxy groups -OCH3 is 2. The zero-order chi connectivity index (χ0) is 20.6. The standard InChI is InChI=1S/C25H28O4/c1-16-22(26)9-8-20-23(17-10-12-25(2,28-4)13-11-17)21(15-29-24(16)20)18-6-5-7-19(14-18)27-3/h5-12,14,21,23,26H,13,15H2,1-4H3. The Morgan fingerprint density at radius 3 is 2.69 bits per heavy atom. The molecule has 0 amide bonds. The topological polar surface area (TPSA) is 47.9 Å². The Labute approximate surface area is 172 Å². The van der Waals surface area contributed by atoms with E-state index in [2.05, 4.69) is 37.3 Å². The lowest BCUT2D eigenvalue weighted by Crippen LogP contribution is -2.29. The van der Waals surface area contributed by atoms with E-state index < -0.39 is 0 Å². The average molecular weight is 392 g/mol. The normalized spacial score (nSPS) is 25.7. The zero-order valence-corrected chi connectivity index (χ0v) is 17.4. The molecule has 0 saturated heterocycles. The van der Waals surface area contributed by atoms with Gasteiger partial charge in [0.2, 0.25) is 0 Å². The maximum Gasteiger partial charge on any atom is 0.129 e. The molecule has 3 unspecified atom stereocenters. The molecule has 0 fully saturated rings. The van der Waals surface area contributed by atoms with Gasteiger partial charge in [0.1, 0.15) is 17.2 Å². The number of hydrogen-bond acceptors (Lipinski definition) is 4. The van der Waals surface area contributed by atoms with Crippen LogP contribution in [-0.2, 0) is 4.74 Å². The largest absolute Gasteiger partial charge is 0.508 e. The minimum absolute atomic E-state index is 0.128. The maximum absolute atomic E-state index is 10.2. The Balaban J connectivity index is 1.81. The summed E-state index contributed by atoms with van der Waals surface area (Å²) in [6.45, 7) is 4.54. The molecule has 1 aliphatic carbocycles. The van der Waals surface area contributed by atoms with E-state index in [1.165, 1.54) is 11.1 Å². The number of rotatable bonds is 4. The van der Waals surface area contributed by atoms with E-state index >= 15 is 0 Å². The number of phenols is 1. The molecule has 0 spiro atoms. The van der Waals surface area contributed by atoms with E-state index in [4.69, 9.17) is 14.2 Å². The fourth-order valence-electron chi connectivity index (χ4n) is 4.31. The smallest absolute Gasteiger partial charge is 0.129 e. The molecule has 152 valence electrons. The van der Waals surface area contributed by atoms with Crippen LogP contribution in [0.3, 0.4) is 0 Å². The number of phenolic OH excluding ortho intramolecular Hbond substituents is 1. The number of allylic oxidation sites excluding steroid dienone is 2. The molecule has 29 heavy (non-hydrogen) atoms. The summed E-state index contributed by atoms with van der Waals surface area (Å²) in [5.74, 6) is 2.17. The van der Waals surface area contributed by atoms with Crippen LogP contribution in [-0.4, -0.2) is 31.5 Å². The van der Waals surface area contributed by atoms with Crippen LogP contribution in [0.15, 0.2) is 60.2 Å². The van der Waals surface area contributed by atoms with Gasteiger partial charge in [-0.1, -0.05) is 36.4 Å². The Hall–Kier alpha value is -2.72. The molecule has 2 aromatic rings. The molecule has 4 rings (SSSR count). The Bertz CT molecular complexity index is 975. The SMILES string of the molecule is COc1cccc(C2COc3c(ccc(O)c3C)C2C2=CCC(C)(OC)C=C2)c1. The van der Waals surface area contributed by atoms with Gasteiger partial charge >= 0.3 is 0 Å². The maximum atomic E-state index is 10.2. The molecule has 4 nitrogen and oxygen atoms in total. The van der Waals surface area contributed by atoms with Crippen LogP contribution in [0, 0.1) is 6.92 Å². The van der Waals surface area contributed by atoms with Gasteiger partial charge in [0.15, 0.2) is 0 Å². The molecule has 3 atom stereocenters. The summed E-state index contributed by atoms with van der Waals surface area (Å²) in [5, 5.41) is 10.2. The molecule has 2 aromatic carbocycles. The molecule has 1 aliphatic heterocycles. The fourth-order valence-corrected chi connectivity index (χ4v) is 4.31. The van der Waals surface area contributed by atoms with Crippen molar-refractivity contribution < 1.29 is 19.3 Å². The molecule has 1 N–H and O–H groups in total. The molecule has 0 bridgehead atoms. The van der Waals surface area contributed by atoms with Crippen molar-refractivity contribution >= 4 is 0 Å². The summed E-state index contributed by atoms with van der Waals surface area (Å²) in [7, 11) is 3.44. The molecule has 0 radical (unpaired) electrons. The van der Waals surface area contributed by atoms with E-state index in [0.29, 0.717) is 6.61 Å². The molecular weight excluding hydrogens is 364 g/mol. The van der Waals surface area contributed by atoms with Crippen LogP contribution in [0.5, 0.6) is 17.2 Å². The van der Waals surface area contributed by atoms with E-state index in [-0.39, 0.29) is 23.2 Å². The van der Waals surface area contributed by atoms with Crippen LogP contribution in [0.2, 0.25) is 0 Å². The molecule has 2 aliphatic rings. The lowest BCUT2D eigenvalue weighted by atomic mass is 9.73. The van der Waals surface area contributed by atoms with Gasteiger partial charge in [-0.2, -0.15) is 0 Å². The van der Waals surface area contributed by atoms with Gasteiger partial charge in [0.05, 0.1) is 19.3 Å². The lowest BCUT2D eigenvalue weighted by molar-refractivity contribution is 0.0500. The van der Waals surface area contributed by atoms with Crippen LogP contribution in [0.25, 0.3) is 0 Å². The first-order valence-corrected chi connectivity index (χ1v) is 9.99. The zero-order valence-electron chi connectivity index (χ0n) is 17.4. The van der Waals surface area contributed by atoms with Gasteiger partial charge in [-0.25, -0.2) is 0 Å². The highest BCUT2D eigenvalue weighted by Crippen LogP contribution is 2.50. The monoisotopic (exact) mass is 392 g/mol. The van der Waals surface area contributed by atoms with E-state index in [1.54, 1.807) is 20.3 Å². The highest BCUT2D eigenvalue weighted by Gasteiger charge is 2.37. The van der Waals surface area contributed by atoms with Crippen LogP contribution in [0.1, 0.15) is 41.9 Å². The highest BCUT2D eigenvalue weighted by atomic mass is 16.5. The average Bonchev–Trinajstić information content (AvgIpc) is 2.76. The third kappa shape index (κ3) is 3.53. The van der Waals surface area contributed by atoms with Gasteiger partial charge in [-0.05, 0) is 49.6 Å². The van der Waals surface area contributed by atoms with Crippen molar-refractivity contribution in [2.45, 2.75) is 37.7 Å². The predicted molar refractivity (Wildman–Crippen MR) is 114 cm³/mol. The first-order valence-electron chi connectivity index (χ1n) is 9.99. The van der Waals surface area contributed by atoms with Crippen molar-refractivity contribution in [2.24, 2.45) is 0 Å². The van der Waals surface area contributed by atoms with Crippen LogP contribution >= 0.6 is 0 Å². The summed E-state index contributed by atoms with van der Waals surface area (Å²) in [6.07, 6.45) is 7.43. The Morgan fingerprint density at radius 2 is 2.00 bits per heavy atom. The summed E-state index contributed by atoms with van der Waals surface area (Å²) in [4.78, 5) is 0. The fraction of sp³-hybridized carbons (Fsp3) is 0.360. The van der Waals surface area contributed by atoms with Crippen molar-refractivity contribution in [3.63, 3.8) is 0 Å². The quantitative estimate of drug-likeness (QED) is 0.771. The van der Waals surface area contributed by atoms with E-state index in [9.17, 15) is 5.11 Å². The van der Waals surface area contributed by atoms with E-state index in [1.807, 2.05) is 25.1 Å². The first-order chi connectivity index (χ1) is 14.0. The van der Waals surface area contributed by atoms with Gasteiger partial charge in [0.25, 0.3) is 0 Å². The second kappa shape index (κ2) is 7.60. The summed E-state index contributed by atoms with van der Waals surface area (Å²) in [5.41, 5.74) is 4.06. The van der Waals surface area contributed by atoms with Gasteiger partial charge in [0, 0.05) is 30.1 Å². The first kappa shape index (κ1) is 19.6. The number of fused-ring (bicyclic) bond motifs is 1. The predicted octanol–water partition coefficient (Wildman–Crippen LogP) is 5.26. The van der Waals surface area contributed by atoms with Gasteiger partial charge in [-0.3, -0.25) is 0 Å². The third-order valence-corrected chi connectivity index (χ3v) is 6.27. The summed E-state index contributed by atoms with van der Waals surface area (Å²) in [6, 6.07) is 12.0. The second-order valence-corrected chi connectivity index (χ2v) is 8.06. The second-order valence-electron chi connectivity index (χ2n) is 8.06. The van der Waals surface area contributed by atoms with Crippen LogP contribution < -0.4 is 9.47 Å². The van der Waals surface area contributed by atoms with Gasteiger partial charge < -0.3 is 19.3 Å². The summed E-state index contributed by atoms with van der Waals surface area (Å²) >= 11 is 0. The van der Waals surface area contributed by atoms with Crippen molar-refractivity contribution in [3.8, 4) is 17.2 Å². The van der Waals surface area contributed by atoms with Gasteiger partial charge in [-0.15, -0.1) is 0 Å². The number of hydrogen-bond donors (Lipinski definition) is 1. The van der Waals surface area contributed by atoms with Crippen molar-refractivity contribution in [3.05, 3.63) is 76.9 Å². The molecule has 4 heteroatoms. The Morgan fingerprint density at radius 1 is 1.17 bits per heavy atom. The number of ether oxygens (including phenoxy) is 3. The number of benzene rings is 2. The summed E-state index contributed by atoms with van der Waals surface area (Å²) < 4.78 is 17.3. The lowest BCUT2D eigenvalue weighted by Gasteiger charge is -2.37. The van der Waals surface area contributed by atoms with Crippen molar-refractivity contribution in [1.29, 1.82) is 0 Å².